The van der Waals surface area contributed by atoms with Gasteiger partial charge in [0.15, 0.2) is 5.96 Å². The first-order valence-electron chi connectivity index (χ1n) is 8.50. The number of rotatable bonds is 8. The smallest absolute Gasteiger partial charge is 0.191 e. The van der Waals surface area contributed by atoms with E-state index in [4.69, 9.17) is 4.99 Å². The van der Waals surface area contributed by atoms with Crippen molar-refractivity contribution in [1.82, 2.24) is 10.6 Å². The molecule has 1 heterocycles. The second-order valence-corrected chi connectivity index (χ2v) is 6.99. The third kappa shape index (κ3) is 6.62. The van der Waals surface area contributed by atoms with Crippen LogP contribution in [0.3, 0.4) is 0 Å². The fraction of sp³-hybridized carbons (Fsp3) is 0.421. The summed E-state index contributed by atoms with van der Waals surface area (Å²) in [7, 11) is 0. The Hall–Kier alpha value is -2.01. The van der Waals surface area contributed by atoms with Gasteiger partial charge in [-0.15, -0.1) is 11.3 Å². The van der Waals surface area contributed by atoms with Gasteiger partial charge in [0.2, 0.25) is 0 Å². The monoisotopic (exact) mass is 345 g/mol. The van der Waals surface area contributed by atoms with Crippen molar-refractivity contribution >= 4 is 17.3 Å². The van der Waals surface area contributed by atoms with Gasteiger partial charge in [0.05, 0.1) is 0 Å². The maximum absolute atomic E-state index is 9.50. The molecule has 0 fully saturated rings. The quantitative estimate of drug-likeness (QED) is 0.507. The van der Waals surface area contributed by atoms with E-state index in [2.05, 4.69) is 42.0 Å². The fourth-order valence-electron chi connectivity index (χ4n) is 2.46. The highest BCUT2D eigenvalue weighted by Crippen LogP contribution is 2.14. The average molecular weight is 346 g/mol. The Kier molecular flexibility index (Phi) is 7.62. The average Bonchev–Trinajstić information content (AvgIpc) is 3.05. The minimum atomic E-state index is 0.315. The van der Waals surface area contributed by atoms with Crippen LogP contribution < -0.4 is 10.6 Å². The summed E-state index contributed by atoms with van der Waals surface area (Å²) in [5.41, 5.74) is 1.12. The van der Waals surface area contributed by atoms with Gasteiger partial charge in [0.25, 0.3) is 0 Å². The number of benzene rings is 1. The van der Waals surface area contributed by atoms with Gasteiger partial charge < -0.3 is 15.7 Å². The lowest BCUT2D eigenvalue weighted by atomic mass is 10.1. The van der Waals surface area contributed by atoms with Gasteiger partial charge in [-0.1, -0.05) is 25.1 Å². The van der Waals surface area contributed by atoms with Crippen molar-refractivity contribution in [3.63, 3.8) is 0 Å². The first-order valence-corrected chi connectivity index (χ1v) is 9.37. The van der Waals surface area contributed by atoms with Crippen LogP contribution >= 0.6 is 11.3 Å². The van der Waals surface area contributed by atoms with E-state index in [1.165, 1.54) is 4.88 Å². The molecule has 2 rings (SSSR count). The molecule has 1 atom stereocenters. The Bertz CT molecular complexity index is 625. The minimum absolute atomic E-state index is 0.315. The number of phenolic OH excluding ortho intramolecular Hbond substituents is 1. The Labute approximate surface area is 148 Å². The lowest BCUT2D eigenvalue weighted by molar-refractivity contribution is 0.474. The summed E-state index contributed by atoms with van der Waals surface area (Å²) in [4.78, 5) is 6.11. The molecule has 4 nitrogen and oxygen atoms in total. The summed E-state index contributed by atoms with van der Waals surface area (Å²) in [5.74, 6) is 1.69. The standard InChI is InChI=1S/C19H27N3OS/c1-3-20-19(21-10-9-16-6-4-7-17(23)13-16)22-14-15(2)12-18-8-5-11-24-18/h4-8,11,13,15,23H,3,9-10,12,14H2,1-2H3,(H2,20,21,22). The molecular formula is C19H27N3OS. The summed E-state index contributed by atoms with van der Waals surface area (Å²) < 4.78 is 0. The maximum Gasteiger partial charge on any atom is 0.191 e. The van der Waals surface area contributed by atoms with Crippen molar-refractivity contribution in [2.45, 2.75) is 26.7 Å². The van der Waals surface area contributed by atoms with Crippen LogP contribution in [0.15, 0.2) is 46.8 Å². The summed E-state index contributed by atoms with van der Waals surface area (Å²) in [6.45, 7) is 6.74. The molecule has 0 aliphatic heterocycles. The SMILES string of the molecule is CCNC(=NCC(C)Cc1cccs1)NCCc1cccc(O)c1. The molecule has 5 heteroatoms. The van der Waals surface area contributed by atoms with Crippen LogP contribution in [-0.2, 0) is 12.8 Å². The Morgan fingerprint density at radius 3 is 2.83 bits per heavy atom. The molecule has 1 aromatic heterocycles. The number of hydrogen-bond acceptors (Lipinski definition) is 3. The van der Waals surface area contributed by atoms with Gasteiger partial charge in [0.1, 0.15) is 5.75 Å². The van der Waals surface area contributed by atoms with Gasteiger partial charge >= 0.3 is 0 Å². The van der Waals surface area contributed by atoms with Crippen LogP contribution in [0.4, 0.5) is 0 Å². The highest BCUT2D eigenvalue weighted by molar-refractivity contribution is 7.09. The lowest BCUT2D eigenvalue weighted by Crippen LogP contribution is -2.38. The van der Waals surface area contributed by atoms with E-state index in [1.807, 2.05) is 23.5 Å². The van der Waals surface area contributed by atoms with Crippen molar-refractivity contribution in [2.75, 3.05) is 19.6 Å². The van der Waals surface area contributed by atoms with Gasteiger partial charge in [-0.2, -0.15) is 0 Å². The highest BCUT2D eigenvalue weighted by Gasteiger charge is 2.05. The van der Waals surface area contributed by atoms with Crippen molar-refractivity contribution in [3.8, 4) is 5.75 Å². The number of aliphatic imine (C=N–C) groups is 1. The molecule has 0 aliphatic carbocycles. The lowest BCUT2D eigenvalue weighted by Gasteiger charge is -2.13. The molecule has 2 aromatic rings. The fourth-order valence-corrected chi connectivity index (χ4v) is 3.33. The minimum Gasteiger partial charge on any atom is -0.508 e. The van der Waals surface area contributed by atoms with E-state index in [-0.39, 0.29) is 0 Å². The molecule has 130 valence electrons. The number of nitrogens with zero attached hydrogens (tertiary/aromatic N) is 1. The maximum atomic E-state index is 9.50. The van der Waals surface area contributed by atoms with E-state index in [0.717, 1.165) is 44.0 Å². The van der Waals surface area contributed by atoms with Crippen LogP contribution in [0.25, 0.3) is 0 Å². The zero-order valence-corrected chi connectivity index (χ0v) is 15.3. The zero-order valence-electron chi connectivity index (χ0n) is 14.5. The topological polar surface area (TPSA) is 56.7 Å². The van der Waals surface area contributed by atoms with Crippen LogP contribution in [-0.4, -0.2) is 30.7 Å². The van der Waals surface area contributed by atoms with E-state index < -0.39 is 0 Å². The third-order valence-electron chi connectivity index (χ3n) is 3.65. The second kappa shape index (κ2) is 9.98. The highest BCUT2D eigenvalue weighted by atomic mass is 32.1. The molecule has 3 N–H and O–H groups in total. The van der Waals surface area contributed by atoms with E-state index in [9.17, 15) is 5.11 Å². The molecule has 0 radical (unpaired) electrons. The summed E-state index contributed by atoms with van der Waals surface area (Å²) >= 11 is 1.81. The number of aromatic hydroxyl groups is 1. The molecule has 24 heavy (non-hydrogen) atoms. The molecule has 1 unspecified atom stereocenters. The van der Waals surface area contributed by atoms with Crippen molar-refractivity contribution in [3.05, 3.63) is 52.2 Å². The normalized spacial score (nSPS) is 12.8. The van der Waals surface area contributed by atoms with E-state index >= 15 is 0 Å². The predicted octanol–water partition coefficient (Wildman–Crippen LogP) is 3.43. The zero-order chi connectivity index (χ0) is 17.2. The van der Waals surface area contributed by atoms with E-state index in [0.29, 0.717) is 11.7 Å². The molecule has 0 bridgehead atoms. The van der Waals surface area contributed by atoms with Crippen LogP contribution in [0.5, 0.6) is 5.75 Å². The Morgan fingerprint density at radius 1 is 1.25 bits per heavy atom. The number of phenols is 1. The largest absolute Gasteiger partial charge is 0.508 e. The number of nitrogens with one attached hydrogen (secondary N) is 2. The van der Waals surface area contributed by atoms with Crippen molar-refractivity contribution in [1.29, 1.82) is 0 Å². The van der Waals surface area contributed by atoms with Crippen LogP contribution in [0, 0.1) is 5.92 Å². The molecule has 0 spiro atoms. The summed E-state index contributed by atoms with van der Waals surface area (Å²) in [6.07, 6.45) is 1.92. The molecule has 0 saturated heterocycles. The molecule has 0 amide bonds. The first kappa shape index (κ1) is 18.3. The summed E-state index contributed by atoms with van der Waals surface area (Å²) in [5, 5.41) is 18.3. The molecular weight excluding hydrogens is 318 g/mol. The Balaban J connectivity index is 1.79. The molecule has 1 aromatic carbocycles. The predicted molar refractivity (Wildman–Crippen MR) is 103 cm³/mol. The van der Waals surface area contributed by atoms with Gasteiger partial charge in [-0.25, -0.2) is 0 Å². The van der Waals surface area contributed by atoms with Gasteiger partial charge in [-0.3, -0.25) is 4.99 Å². The van der Waals surface area contributed by atoms with Crippen molar-refractivity contribution < 1.29 is 5.11 Å². The second-order valence-electron chi connectivity index (χ2n) is 5.95. The van der Waals surface area contributed by atoms with Crippen molar-refractivity contribution in [2.24, 2.45) is 10.9 Å². The van der Waals surface area contributed by atoms with E-state index in [1.54, 1.807) is 12.1 Å². The van der Waals surface area contributed by atoms with Gasteiger partial charge in [0, 0.05) is 24.5 Å². The van der Waals surface area contributed by atoms with Crippen LogP contribution in [0.1, 0.15) is 24.3 Å². The van der Waals surface area contributed by atoms with Gasteiger partial charge in [-0.05, 0) is 54.8 Å². The summed E-state index contributed by atoms with van der Waals surface area (Å²) in [6, 6.07) is 11.7. The first-order chi connectivity index (χ1) is 11.7. The molecule has 0 aliphatic rings. The molecule has 0 saturated carbocycles. The van der Waals surface area contributed by atoms with Crippen LogP contribution in [0.2, 0.25) is 0 Å². The Morgan fingerprint density at radius 2 is 2.12 bits per heavy atom. The number of guanidine groups is 1. The number of thiophene rings is 1. The number of hydrogen-bond donors (Lipinski definition) is 3. The third-order valence-corrected chi connectivity index (χ3v) is 4.55.